The number of ether oxygens (including phenoxy) is 1. The largest absolute Gasteiger partial charge is 0.453 e. The minimum absolute atomic E-state index is 0.0645. The van der Waals surface area contributed by atoms with E-state index in [-0.39, 0.29) is 29.3 Å². The van der Waals surface area contributed by atoms with Crippen LogP contribution in [0.3, 0.4) is 0 Å². The minimum atomic E-state index is -0.666. The van der Waals surface area contributed by atoms with Crippen molar-refractivity contribution in [3.63, 3.8) is 0 Å². The molecule has 0 spiro atoms. The van der Waals surface area contributed by atoms with Crippen LogP contribution in [0.15, 0.2) is 48.9 Å². The monoisotopic (exact) mass is 521 g/mol. The van der Waals surface area contributed by atoms with Gasteiger partial charge < -0.3 is 20.7 Å². The highest BCUT2D eigenvalue weighted by atomic mass is 19.1. The van der Waals surface area contributed by atoms with Gasteiger partial charge in [0.05, 0.1) is 36.1 Å². The van der Waals surface area contributed by atoms with Gasteiger partial charge in [0.2, 0.25) is 0 Å². The number of nitrogens with zero attached hydrogens (tertiary/aromatic N) is 5. The first-order chi connectivity index (χ1) is 18.2. The zero-order valence-corrected chi connectivity index (χ0v) is 21.4. The molecular formula is C27H29F2N7O2. The van der Waals surface area contributed by atoms with E-state index in [0.29, 0.717) is 36.4 Å². The van der Waals surface area contributed by atoms with Crippen LogP contribution in [-0.4, -0.2) is 58.0 Å². The van der Waals surface area contributed by atoms with E-state index in [0.717, 1.165) is 11.3 Å². The Morgan fingerprint density at radius 1 is 1.18 bits per heavy atom. The first-order valence-electron chi connectivity index (χ1n) is 12.3. The molecule has 1 aromatic carbocycles. The molecule has 1 saturated heterocycles. The number of nitrogens with two attached hydrogens (primary N) is 1. The van der Waals surface area contributed by atoms with Gasteiger partial charge in [-0.15, -0.1) is 0 Å². The van der Waals surface area contributed by atoms with Crippen LogP contribution >= 0.6 is 0 Å². The molecule has 1 amide bonds. The predicted octanol–water partition coefficient (Wildman–Crippen LogP) is 3.48. The van der Waals surface area contributed by atoms with E-state index >= 15 is 0 Å². The molecule has 1 aliphatic rings. The molecule has 0 aliphatic carbocycles. The van der Waals surface area contributed by atoms with Crippen LogP contribution in [-0.2, 0) is 11.2 Å². The summed E-state index contributed by atoms with van der Waals surface area (Å²) in [7, 11) is 1.33. The van der Waals surface area contributed by atoms with E-state index in [4.69, 9.17) is 10.5 Å². The van der Waals surface area contributed by atoms with Crippen molar-refractivity contribution >= 4 is 17.3 Å². The summed E-state index contributed by atoms with van der Waals surface area (Å²) in [6.45, 7) is 4.85. The van der Waals surface area contributed by atoms with Crippen molar-refractivity contribution in [2.45, 2.75) is 32.4 Å². The van der Waals surface area contributed by atoms with Crippen molar-refractivity contribution in [3.8, 4) is 11.3 Å². The Hall–Kier alpha value is -4.12. The minimum Gasteiger partial charge on any atom is -0.453 e. The number of aryl methyl sites for hydroxylation is 1. The van der Waals surface area contributed by atoms with Gasteiger partial charge in [-0.2, -0.15) is 5.10 Å². The van der Waals surface area contributed by atoms with Gasteiger partial charge in [-0.1, -0.05) is 6.92 Å². The van der Waals surface area contributed by atoms with Crippen LogP contribution in [0.25, 0.3) is 16.8 Å². The third kappa shape index (κ3) is 4.89. The predicted molar refractivity (Wildman–Crippen MR) is 139 cm³/mol. The molecule has 9 nitrogen and oxygen atoms in total. The molecule has 3 N–H and O–H groups in total. The Kier molecular flexibility index (Phi) is 6.94. The standard InChI is InChI=1S/C27H29F2N7O2/c1-15-8-19(28)25(20(29)9-15)22-5-4-18-12-32-24(36(18)34-22)10-17-11-31-7-6-23(17)35-13-16(2)26(21(30)14-35)33-27(37)38-3/h4-9,11-12,16,21,26H,10,13-14,30H2,1-3H3,(H,33,37)/t16-,21+,26-/m0/s1. The lowest BCUT2D eigenvalue weighted by atomic mass is 9.89. The molecule has 5 rings (SSSR count). The number of alkyl carbamates (subject to hydrolysis) is 1. The second-order valence-electron chi connectivity index (χ2n) is 9.72. The highest BCUT2D eigenvalue weighted by Crippen LogP contribution is 2.29. The number of amides is 1. The summed E-state index contributed by atoms with van der Waals surface area (Å²) < 4.78 is 35.6. The molecule has 3 aromatic heterocycles. The Bertz CT molecular complexity index is 1460. The van der Waals surface area contributed by atoms with E-state index < -0.39 is 17.7 Å². The number of rotatable bonds is 5. The number of fused-ring (bicyclic) bond motifs is 1. The summed E-state index contributed by atoms with van der Waals surface area (Å²) >= 11 is 0. The van der Waals surface area contributed by atoms with Gasteiger partial charge in [-0.3, -0.25) is 4.98 Å². The van der Waals surface area contributed by atoms with E-state index in [1.54, 1.807) is 42.2 Å². The Balaban J connectivity index is 1.44. The summed E-state index contributed by atoms with van der Waals surface area (Å²) in [6, 6.07) is 7.30. The zero-order chi connectivity index (χ0) is 27.0. The van der Waals surface area contributed by atoms with Crippen molar-refractivity contribution in [2.24, 2.45) is 11.7 Å². The molecule has 0 radical (unpaired) electrons. The highest BCUT2D eigenvalue weighted by Gasteiger charge is 2.34. The number of piperidine rings is 1. The normalized spacial score (nSPS) is 19.5. The fourth-order valence-corrected chi connectivity index (χ4v) is 5.13. The zero-order valence-electron chi connectivity index (χ0n) is 21.4. The van der Waals surface area contributed by atoms with Crippen molar-refractivity contribution in [3.05, 3.63) is 77.5 Å². The van der Waals surface area contributed by atoms with Crippen molar-refractivity contribution in [2.75, 3.05) is 25.1 Å². The summed E-state index contributed by atoms with van der Waals surface area (Å²) in [5.74, 6) is -0.666. The fraction of sp³-hybridized carbons (Fsp3) is 0.333. The van der Waals surface area contributed by atoms with Crippen LogP contribution in [0.5, 0.6) is 0 Å². The number of carbonyl (C=O) groups excluding carboxylic acids is 1. The number of imidazole rings is 1. The van der Waals surface area contributed by atoms with Crippen molar-refractivity contribution in [1.82, 2.24) is 24.9 Å². The van der Waals surface area contributed by atoms with Crippen LogP contribution in [0.4, 0.5) is 19.3 Å². The van der Waals surface area contributed by atoms with Crippen LogP contribution < -0.4 is 16.0 Å². The molecular weight excluding hydrogens is 492 g/mol. The molecule has 38 heavy (non-hydrogen) atoms. The average Bonchev–Trinajstić information content (AvgIpc) is 3.27. The van der Waals surface area contributed by atoms with Gasteiger partial charge in [0.1, 0.15) is 17.5 Å². The summed E-state index contributed by atoms with van der Waals surface area (Å²) in [5.41, 5.74) is 9.50. The molecule has 3 atom stereocenters. The van der Waals surface area contributed by atoms with E-state index in [1.165, 1.54) is 19.2 Å². The number of benzene rings is 1. The second kappa shape index (κ2) is 10.3. The van der Waals surface area contributed by atoms with Gasteiger partial charge >= 0.3 is 6.09 Å². The maximum atomic E-state index is 14.7. The van der Waals surface area contributed by atoms with Gasteiger partial charge in [-0.05, 0) is 48.7 Å². The lowest BCUT2D eigenvalue weighted by Crippen LogP contribution is -2.62. The first-order valence-corrected chi connectivity index (χ1v) is 12.3. The van der Waals surface area contributed by atoms with E-state index in [1.807, 2.05) is 13.0 Å². The smallest absolute Gasteiger partial charge is 0.407 e. The average molecular weight is 522 g/mol. The molecule has 4 aromatic rings. The highest BCUT2D eigenvalue weighted by molar-refractivity contribution is 5.68. The van der Waals surface area contributed by atoms with Crippen LogP contribution in [0.1, 0.15) is 23.9 Å². The Morgan fingerprint density at radius 2 is 1.95 bits per heavy atom. The second-order valence-corrected chi connectivity index (χ2v) is 9.72. The van der Waals surface area contributed by atoms with E-state index in [2.05, 4.69) is 25.3 Å². The third-order valence-electron chi connectivity index (χ3n) is 6.95. The fourth-order valence-electron chi connectivity index (χ4n) is 5.13. The molecule has 11 heteroatoms. The molecule has 198 valence electrons. The molecule has 0 saturated carbocycles. The van der Waals surface area contributed by atoms with Gasteiger partial charge in [0.15, 0.2) is 0 Å². The Labute approximate surface area is 218 Å². The first kappa shape index (κ1) is 25.5. The third-order valence-corrected chi connectivity index (χ3v) is 6.95. The molecule has 0 bridgehead atoms. The number of hydrogen-bond donors (Lipinski definition) is 2. The summed E-state index contributed by atoms with van der Waals surface area (Å²) in [5, 5.41) is 7.37. The lowest BCUT2D eigenvalue weighted by Gasteiger charge is -2.42. The number of halogens is 2. The van der Waals surface area contributed by atoms with Gasteiger partial charge in [-0.25, -0.2) is 23.1 Å². The maximum Gasteiger partial charge on any atom is 0.407 e. The van der Waals surface area contributed by atoms with Crippen molar-refractivity contribution in [1.29, 1.82) is 0 Å². The number of aromatic nitrogens is 4. The van der Waals surface area contributed by atoms with E-state index in [9.17, 15) is 13.6 Å². The Morgan fingerprint density at radius 3 is 2.66 bits per heavy atom. The number of methoxy groups -OCH3 is 1. The number of anilines is 1. The van der Waals surface area contributed by atoms with Crippen LogP contribution in [0, 0.1) is 24.5 Å². The SMILES string of the molecule is COC(=O)N[C@@H]1[C@H](N)CN(c2ccncc2Cc2ncc3ccc(-c4c(F)cc(C)cc4F)nn23)C[C@@H]1C. The number of nitrogens with one attached hydrogen (secondary N) is 1. The van der Waals surface area contributed by atoms with Gasteiger partial charge in [0, 0.05) is 49.2 Å². The molecule has 4 heterocycles. The molecule has 1 aliphatic heterocycles. The quantitative estimate of drug-likeness (QED) is 0.414. The summed E-state index contributed by atoms with van der Waals surface area (Å²) in [4.78, 5) is 22.8. The summed E-state index contributed by atoms with van der Waals surface area (Å²) in [6.07, 6.45) is 5.05. The molecule has 0 unspecified atom stereocenters. The maximum absolute atomic E-state index is 14.7. The van der Waals surface area contributed by atoms with Crippen molar-refractivity contribution < 1.29 is 18.3 Å². The molecule has 1 fully saturated rings. The van der Waals surface area contributed by atoms with Crippen LogP contribution in [0.2, 0.25) is 0 Å². The lowest BCUT2D eigenvalue weighted by molar-refractivity contribution is 0.156. The number of pyridine rings is 1. The number of hydrogen-bond acceptors (Lipinski definition) is 7. The number of carbonyl (C=O) groups is 1. The topological polar surface area (TPSA) is 111 Å². The van der Waals surface area contributed by atoms with Gasteiger partial charge in [0.25, 0.3) is 0 Å².